The zero-order valence-electron chi connectivity index (χ0n) is 9.03. The van der Waals surface area contributed by atoms with Crippen LogP contribution < -0.4 is 10.1 Å². The highest BCUT2D eigenvalue weighted by Gasteiger charge is 2.04. The topological polar surface area (TPSA) is 34.2 Å². The van der Waals surface area contributed by atoms with Gasteiger partial charge in [0.05, 0.1) is 13.7 Å². The number of fused-ring (bicyclic) bond motifs is 1. The summed E-state index contributed by atoms with van der Waals surface area (Å²) in [4.78, 5) is 4.26. The lowest BCUT2D eigenvalue weighted by atomic mass is 10.1. The van der Waals surface area contributed by atoms with E-state index in [0.29, 0.717) is 6.54 Å². The van der Waals surface area contributed by atoms with Gasteiger partial charge < -0.3 is 10.1 Å². The van der Waals surface area contributed by atoms with E-state index >= 15 is 0 Å². The summed E-state index contributed by atoms with van der Waals surface area (Å²) in [6.45, 7) is 0.462. The van der Waals surface area contributed by atoms with Crippen molar-refractivity contribution in [2.75, 3.05) is 19.0 Å². The SMILES string of the molecule is C#CCNc1nccc2c(OC)cccc12. The van der Waals surface area contributed by atoms with E-state index in [2.05, 4.69) is 16.2 Å². The Morgan fingerprint density at radius 1 is 1.38 bits per heavy atom. The molecule has 0 aliphatic heterocycles. The van der Waals surface area contributed by atoms with Gasteiger partial charge in [0.25, 0.3) is 0 Å². The lowest BCUT2D eigenvalue weighted by Gasteiger charge is -2.08. The van der Waals surface area contributed by atoms with Crippen LogP contribution in [-0.2, 0) is 0 Å². The number of pyridine rings is 1. The third-order valence-corrected chi connectivity index (χ3v) is 2.34. The molecule has 1 aromatic carbocycles. The second kappa shape index (κ2) is 4.54. The standard InChI is InChI=1S/C13H12N2O/c1-3-8-14-13-11-5-4-6-12(16-2)10(11)7-9-15-13/h1,4-7,9H,8H2,2H3,(H,14,15). The number of nitrogens with one attached hydrogen (secondary N) is 1. The molecule has 0 spiro atoms. The first-order chi connectivity index (χ1) is 7.86. The molecule has 0 atom stereocenters. The Kier molecular flexibility index (Phi) is 2.93. The minimum absolute atomic E-state index is 0.462. The summed E-state index contributed by atoms with van der Waals surface area (Å²) in [5, 5.41) is 5.12. The molecule has 0 amide bonds. The molecule has 3 nitrogen and oxygen atoms in total. The van der Waals surface area contributed by atoms with Gasteiger partial charge in [0.2, 0.25) is 0 Å². The second-order valence-corrected chi connectivity index (χ2v) is 3.27. The van der Waals surface area contributed by atoms with E-state index in [1.165, 1.54) is 0 Å². The van der Waals surface area contributed by atoms with Crippen molar-refractivity contribution >= 4 is 16.6 Å². The average Bonchev–Trinajstić information content (AvgIpc) is 2.35. The Balaban J connectivity index is 2.56. The number of rotatable bonds is 3. The number of methoxy groups -OCH3 is 1. The van der Waals surface area contributed by atoms with E-state index in [-0.39, 0.29) is 0 Å². The summed E-state index contributed by atoms with van der Waals surface area (Å²) >= 11 is 0. The number of ether oxygens (including phenoxy) is 1. The van der Waals surface area contributed by atoms with E-state index in [9.17, 15) is 0 Å². The van der Waals surface area contributed by atoms with Gasteiger partial charge in [0.15, 0.2) is 0 Å². The Morgan fingerprint density at radius 2 is 2.25 bits per heavy atom. The van der Waals surface area contributed by atoms with Crippen LogP contribution in [-0.4, -0.2) is 18.6 Å². The first kappa shape index (κ1) is 10.3. The Morgan fingerprint density at radius 3 is 3.00 bits per heavy atom. The highest BCUT2D eigenvalue weighted by atomic mass is 16.5. The molecule has 2 rings (SSSR count). The molecule has 16 heavy (non-hydrogen) atoms. The number of terminal acetylenes is 1. The van der Waals surface area contributed by atoms with Crippen molar-refractivity contribution in [3.05, 3.63) is 30.5 Å². The predicted molar refractivity (Wildman–Crippen MR) is 65.6 cm³/mol. The normalized spacial score (nSPS) is 9.75. The minimum atomic E-state index is 0.462. The molecule has 1 aromatic heterocycles. The van der Waals surface area contributed by atoms with Gasteiger partial charge in [-0.1, -0.05) is 18.1 Å². The monoisotopic (exact) mass is 212 g/mol. The molecule has 0 unspecified atom stereocenters. The van der Waals surface area contributed by atoms with Crippen LogP contribution in [0.15, 0.2) is 30.5 Å². The molecule has 1 N–H and O–H groups in total. The van der Waals surface area contributed by atoms with Crippen LogP contribution in [0.5, 0.6) is 5.75 Å². The highest BCUT2D eigenvalue weighted by Crippen LogP contribution is 2.28. The van der Waals surface area contributed by atoms with Crippen molar-refractivity contribution < 1.29 is 4.74 Å². The summed E-state index contributed by atoms with van der Waals surface area (Å²) < 4.78 is 5.29. The van der Waals surface area contributed by atoms with Gasteiger partial charge in [-0.15, -0.1) is 6.42 Å². The molecule has 3 heteroatoms. The lowest BCUT2D eigenvalue weighted by molar-refractivity contribution is 0.420. The number of hydrogen-bond donors (Lipinski definition) is 1. The molecule has 0 radical (unpaired) electrons. The smallest absolute Gasteiger partial charge is 0.134 e. The summed E-state index contributed by atoms with van der Waals surface area (Å²) in [6, 6.07) is 7.77. The van der Waals surface area contributed by atoms with Crippen LogP contribution >= 0.6 is 0 Å². The van der Waals surface area contributed by atoms with E-state index < -0.39 is 0 Å². The third kappa shape index (κ3) is 1.78. The predicted octanol–water partition coefficient (Wildman–Crippen LogP) is 2.29. The van der Waals surface area contributed by atoms with Crippen LogP contribution in [0.1, 0.15) is 0 Å². The van der Waals surface area contributed by atoms with Crippen LogP contribution in [0.25, 0.3) is 10.8 Å². The van der Waals surface area contributed by atoms with Gasteiger partial charge in [-0.3, -0.25) is 0 Å². The quantitative estimate of drug-likeness (QED) is 0.792. The maximum absolute atomic E-state index is 5.29. The first-order valence-corrected chi connectivity index (χ1v) is 4.96. The molecule has 2 aromatic rings. The summed E-state index contributed by atoms with van der Waals surface area (Å²) in [7, 11) is 1.66. The summed E-state index contributed by atoms with van der Waals surface area (Å²) in [6.07, 6.45) is 6.95. The number of hydrogen-bond acceptors (Lipinski definition) is 3. The van der Waals surface area contributed by atoms with Crippen LogP contribution in [0.2, 0.25) is 0 Å². The van der Waals surface area contributed by atoms with Crippen molar-refractivity contribution in [3.63, 3.8) is 0 Å². The van der Waals surface area contributed by atoms with Gasteiger partial charge in [-0.2, -0.15) is 0 Å². The number of aromatic nitrogens is 1. The van der Waals surface area contributed by atoms with Crippen molar-refractivity contribution in [1.82, 2.24) is 4.98 Å². The molecule has 0 saturated heterocycles. The zero-order valence-corrected chi connectivity index (χ0v) is 9.03. The summed E-state index contributed by atoms with van der Waals surface area (Å²) in [5.74, 6) is 4.15. The third-order valence-electron chi connectivity index (χ3n) is 2.34. The molecule has 0 saturated carbocycles. The van der Waals surface area contributed by atoms with Gasteiger partial charge >= 0.3 is 0 Å². The molecule has 0 aliphatic carbocycles. The fourth-order valence-electron chi connectivity index (χ4n) is 1.63. The van der Waals surface area contributed by atoms with Crippen molar-refractivity contribution in [2.45, 2.75) is 0 Å². The largest absolute Gasteiger partial charge is 0.496 e. The minimum Gasteiger partial charge on any atom is -0.496 e. The Bertz CT molecular complexity index is 543. The fraction of sp³-hybridized carbons (Fsp3) is 0.154. The molecular weight excluding hydrogens is 200 g/mol. The van der Waals surface area contributed by atoms with Crippen molar-refractivity contribution in [2.24, 2.45) is 0 Å². The van der Waals surface area contributed by atoms with Crippen molar-refractivity contribution in [3.8, 4) is 18.1 Å². The first-order valence-electron chi connectivity index (χ1n) is 4.96. The molecule has 80 valence electrons. The molecule has 0 bridgehead atoms. The van der Waals surface area contributed by atoms with Crippen molar-refractivity contribution in [1.29, 1.82) is 0 Å². The molecule has 1 heterocycles. The Hall–Kier alpha value is -2.21. The van der Waals surface area contributed by atoms with Gasteiger partial charge in [0, 0.05) is 17.0 Å². The second-order valence-electron chi connectivity index (χ2n) is 3.27. The number of anilines is 1. The van der Waals surface area contributed by atoms with Crippen LogP contribution in [0.4, 0.5) is 5.82 Å². The average molecular weight is 212 g/mol. The van der Waals surface area contributed by atoms with E-state index in [1.54, 1.807) is 13.3 Å². The van der Waals surface area contributed by atoms with Gasteiger partial charge in [-0.05, 0) is 12.1 Å². The number of nitrogens with zero attached hydrogens (tertiary/aromatic N) is 1. The fourth-order valence-corrected chi connectivity index (χ4v) is 1.63. The lowest BCUT2D eigenvalue weighted by Crippen LogP contribution is -2.01. The molecule has 0 aliphatic rings. The highest BCUT2D eigenvalue weighted by molar-refractivity contribution is 5.95. The van der Waals surface area contributed by atoms with Crippen LogP contribution in [0, 0.1) is 12.3 Å². The van der Waals surface area contributed by atoms with E-state index in [0.717, 1.165) is 22.3 Å². The van der Waals surface area contributed by atoms with Gasteiger partial charge in [0.1, 0.15) is 11.6 Å². The van der Waals surface area contributed by atoms with Gasteiger partial charge in [-0.25, -0.2) is 4.98 Å². The van der Waals surface area contributed by atoms with E-state index in [4.69, 9.17) is 11.2 Å². The maximum Gasteiger partial charge on any atom is 0.134 e. The van der Waals surface area contributed by atoms with E-state index in [1.807, 2.05) is 24.3 Å². The maximum atomic E-state index is 5.29. The molecule has 0 fully saturated rings. The molecular formula is C13H12N2O. The number of benzene rings is 1. The summed E-state index contributed by atoms with van der Waals surface area (Å²) in [5.41, 5.74) is 0. The Labute approximate surface area is 94.5 Å². The van der Waals surface area contributed by atoms with Crippen LogP contribution in [0.3, 0.4) is 0 Å². The zero-order chi connectivity index (χ0) is 11.4.